The zero-order valence-electron chi connectivity index (χ0n) is 9.13. The van der Waals surface area contributed by atoms with Crippen LogP contribution in [-0.2, 0) is 0 Å². The van der Waals surface area contributed by atoms with Gasteiger partial charge in [0.25, 0.3) is 0 Å². The van der Waals surface area contributed by atoms with Gasteiger partial charge in [-0.05, 0) is 42.1 Å². The van der Waals surface area contributed by atoms with Crippen molar-refractivity contribution in [3.05, 3.63) is 35.9 Å². The number of aliphatic hydroxyl groups is 1. The van der Waals surface area contributed by atoms with Crippen LogP contribution in [0.4, 0.5) is 0 Å². The average molecular weight is 202 g/mol. The highest BCUT2D eigenvalue weighted by Gasteiger charge is 2.51. The zero-order chi connectivity index (χ0) is 10.4. The summed E-state index contributed by atoms with van der Waals surface area (Å²) in [5, 5.41) is 10.1. The number of benzene rings is 1. The zero-order valence-corrected chi connectivity index (χ0v) is 9.13. The normalized spacial score (nSPS) is 39.9. The molecule has 5 atom stereocenters. The molecule has 15 heavy (non-hydrogen) atoms. The molecule has 2 saturated carbocycles. The molecule has 1 N–H and O–H groups in total. The molecule has 2 aliphatic rings. The maximum absolute atomic E-state index is 10.1. The third-order valence-corrected chi connectivity index (χ3v) is 4.12. The van der Waals surface area contributed by atoms with E-state index in [4.69, 9.17) is 0 Å². The number of hydrogen-bond donors (Lipinski definition) is 1. The fraction of sp³-hybridized carbons (Fsp3) is 0.571. The Morgan fingerprint density at radius 2 is 1.80 bits per heavy atom. The van der Waals surface area contributed by atoms with E-state index in [-0.39, 0.29) is 6.10 Å². The maximum Gasteiger partial charge on any atom is 0.0605 e. The quantitative estimate of drug-likeness (QED) is 0.799. The summed E-state index contributed by atoms with van der Waals surface area (Å²) < 4.78 is 0. The summed E-state index contributed by atoms with van der Waals surface area (Å²) in [5.74, 6) is 2.54. The van der Waals surface area contributed by atoms with Crippen molar-refractivity contribution in [2.75, 3.05) is 0 Å². The molecule has 5 unspecified atom stereocenters. The van der Waals surface area contributed by atoms with Crippen LogP contribution in [0.2, 0.25) is 0 Å². The monoisotopic (exact) mass is 202 g/mol. The molecule has 1 aromatic rings. The minimum Gasteiger partial charge on any atom is -0.393 e. The van der Waals surface area contributed by atoms with Crippen molar-refractivity contribution >= 4 is 0 Å². The molecule has 0 saturated heterocycles. The molecule has 0 heterocycles. The molecule has 1 aromatic carbocycles. The first-order chi connectivity index (χ1) is 7.27. The molecule has 0 amide bonds. The number of aliphatic hydroxyl groups excluding tert-OH is 1. The summed E-state index contributed by atoms with van der Waals surface area (Å²) >= 11 is 0. The predicted octanol–water partition coefficient (Wildman–Crippen LogP) is 2.81. The summed E-state index contributed by atoms with van der Waals surface area (Å²) in [6.07, 6.45) is 2.39. The molecular formula is C14H18O. The third kappa shape index (κ3) is 1.69. The van der Waals surface area contributed by atoms with Crippen molar-refractivity contribution in [1.82, 2.24) is 0 Å². The van der Waals surface area contributed by atoms with Crippen molar-refractivity contribution in [1.29, 1.82) is 0 Å². The topological polar surface area (TPSA) is 20.2 Å². The molecule has 0 bridgehead atoms. The lowest BCUT2D eigenvalue weighted by molar-refractivity contribution is 0.121. The van der Waals surface area contributed by atoms with E-state index in [1.165, 1.54) is 18.4 Å². The second-order valence-electron chi connectivity index (χ2n) is 5.28. The van der Waals surface area contributed by atoms with Gasteiger partial charge in [-0.3, -0.25) is 0 Å². The van der Waals surface area contributed by atoms with E-state index in [1.807, 2.05) is 0 Å². The van der Waals surface area contributed by atoms with Crippen LogP contribution in [-0.4, -0.2) is 11.2 Å². The lowest BCUT2D eigenvalue weighted by atomic mass is 10.0. The Labute approximate surface area is 91.1 Å². The van der Waals surface area contributed by atoms with Gasteiger partial charge in [0.1, 0.15) is 0 Å². The van der Waals surface area contributed by atoms with Crippen LogP contribution in [0.3, 0.4) is 0 Å². The maximum atomic E-state index is 10.1. The highest BCUT2D eigenvalue weighted by atomic mass is 16.3. The molecule has 3 rings (SSSR count). The lowest BCUT2D eigenvalue weighted by Gasteiger charge is -2.09. The van der Waals surface area contributed by atoms with Crippen molar-refractivity contribution < 1.29 is 5.11 Å². The molecule has 80 valence electrons. The predicted molar refractivity (Wildman–Crippen MR) is 60.6 cm³/mol. The molecule has 0 radical (unpaired) electrons. The Hall–Kier alpha value is -0.820. The van der Waals surface area contributed by atoms with Gasteiger partial charge in [-0.2, -0.15) is 0 Å². The highest BCUT2D eigenvalue weighted by molar-refractivity contribution is 5.26. The van der Waals surface area contributed by atoms with Gasteiger partial charge < -0.3 is 5.11 Å². The van der Waals surface area contributed by atoms with Gasteiger partial charge >= 0.3 is 0 Å². The second-order valence-corrected chi connectivity index (χ2v) is 5.28. The lowest BCUT2D eigenvalue weighted by Crippen LogP contribution is -2.14. The third-order valence-electron chi connectivity index (χ3n) is 4.12. The first-order valence-corrected chi connectivity index (χ1v) is 6.00. The number of hydrogen-bond acceptors (Lipinski definition) is 1. The smallest absolute Gasteiger partial charge is 0.0605 e. The first kappa shape index (κ1) is 9.41. The van der Waals surface area contributed by atoms with E-state index in [9.17, 15) is 5.11 Å². The van der Waals surface area contributed by atoms with Crippen LogP contribution in [0.5, 0.6) is 0 Å². The molecule has 0 spiro atoms. The van der Waals surface area contributed by atoms with E-state index >= 15 is 0 Å². The van der Waals surface area contributed by atoms with Crippen molar-refractivity contribution in [2.45, 2.75) is 31.8 Å². The first-order valence-electron chi connectivity index (χ1n) is 6.00. The van der Waals surface area contributed by atoms with Crippen LogP contribution >= 0.6 is 0 Å². The molecule has 1 nitrogen and oxygen atoms in total. The van der Waals surface area contributed by atoms with Gasteiger partial charge in [0.05, 0.1) is 6.10 Å². The minimum absolute atomic E-state index is 0.0368. The minimum atomic E-state index is -0.0368. The van der Waals surface area contributed by atoms with Crippen LogP contribution in [0, 0.1) is 17.8 Å². The largest absolute Gasteiger partial charge is 0.393 e. The van der Waals surface area contributed by atoms with Gasteiger partial charge in [0, 0.05) is 0 Å². The van der Waals surface area contributed by atoms with E-state index < -0.39 is 0 Å². The summed E-state index contributed by atoms with van der Waals surface area (Å²) in [6.45, 7) is 2.24. The van der Waals surface area contributed by atoms with E-state index in [0.29, 0.717) is 17.8 Å². The van der Waals surface area contributed by atoms with Gasteiger partial charge in [0.15, 0.2) is 0 Å². The van der Waals surface area contributed by atoms with Crippen LogP contribution in [0.15, 0.2) is 30.3 Å². The SMILES string of the molecule is CC1CC1C(O)C1CC1c1ccccc1. The average Bonchev–Trinajstić information content (AvgIpc) is 3.13. The Bertz CT molecular complexity index is 346. The van der Waals surface area contributed by atoms with E-state index in [1.54, 1.807) is 0 Å². The Kier molecular flexibility index (Phi) is 2.10. The summed E-state index contributed by atoms with van der Waals surface area (Å²) in [6, 6.07) is 10.6. The van der Waals surface area contributed by atoms with E-state index in [0.717, 1.165) is 5.92 Å². The molecule has 0 aliphatic heterocycles. The van der Waals surface area contributed by atoms with Gasteiger partial charge in [-0.1, -0.05) is 37.3 Å². The fourth-order valence-electron chi connectivity index (χ4n) is 2.82. The van der Waals surface area contributed by atoms with Gasteiger partial charge in [0.2, 0.25) is 0 Å². The summed E-state index contributed by atoms with van der Waals surface area (Å²) in [4.78, 5) is 0. The molecule has 2 fully saturated rings. The van der Waals surface area contributed by atoms with E-state index in [2.05, 4.69) is 37.3 Å². The van der Waals surface area contributed by atoms with Crippen molar-refractivity contribution in [2.24, 2.45) is 17.8 Å². The van der Waals surface area contributed by atoms with Gasteiger partial charge in [-0.25, -0.2) is 0 Å². The Balaban J connectivity index is 1.64. The van der Waals surface area contributed by atoms with Gasteiger partial charge in [-0.15, -0.1) is 0 Å². The van der Waals surface area contributed by atoms with Crippen molar-refractivity contribution in [3.8, 4) is 0 Å². The fourth-order valence-corrected chi connectivity index (χ4v) is 2.82. The molecular weight excluding hydrogens is 184 g/mol. The van der Waals surface area contributed by atoms with Crippen molar-refractivity contribution in [3.63, 3.8) is 0 Å². The molecule has 0 aromatic heterocycles. The molecule has 1 heteroatoms. The number of rotatable bonds is 3. The standard InChI is InChI=1S/C14H18O/c1-9-7-11(9)14(15)13-8-12(13)10-5-3-2-4-6-10/h2-6,9,11-15H,7-8H2,1H3. The van der Waals surface area contributed by atoms with Crippen LogP contribution < -0.4 is 0 Å². The Morgan fingerprint density at radius 1 is 1.13 bits per heavy atom. The highest BCUT2D eigenvalue weighted by Crippen LogP contribution is 2.55. The van der Waals surface area contributed by atoms with Crippen LogP contribution in [0.1, 0.15) is 31.2 Å². The second kappa shape index (κ2) is 3.34. The summed E-state index contributed by atoms with van der Waals surface area (Å²) in [5.41, 5.74) is 1.41. The Morgan fingerprint density at radius 3 is 2.40 bits per heavy atom. The summed E-state index contributed by atoms with van der Waals surface area (Å²) in [7, 11) is 0. The molecule has 2 aliphatic carbocycles. The van der Waals surface area contributed by atoms with Crippen LogP contribution in [0.25, 0.3) is 0 Å².